The molecule has 1 fully saturated rings. The summed E-state index contributed by atoms with van der Waals surface area (Å²) in [5, 5.41) is 2.94. The molecule has 0 unspecified atom stereocenters. The van der Waals surface area contributed by atoms with Gasteiger partial charge in [0.2, 0.25) is 0 Å². The fourth-order valence-electron chi connectivity index (χ4n) is 2.07. The maximum absolute atomic E-state index is 11.5. The standard InChI is InChI=1S/C13H24NO2/c1-5-10-6-8-11(9-7-10)14-12(15)16-13(2,3)4/h10-11H,1,5-9H2,2-4H3,(H,14,15). The molecule has 1 rings (SSSR count). The number of amides is 1. The number of rotatable bonds is 2. The van der Waals surface area contributed by atoms with Crippen LogP contribution in [0.2, 0.25) is 0 Å². The van der Waals surface area contributed by atoms with Gasteiger partial charge in [-0.15, -0.1) is 0 Å². The van der Waals surface area contributed by atoms with Crippen LogP contribution in [0.1, 0.15) is 52.9 Å². The first-order valence-corrected chi connectivity index (χ1v) is 6.19. The molecule has 0 heterocycles. The van der Waals surface area contributed by atoms with Crippen molar-refractivity contribution < 1.29 is 9.53 Å². The van der Waals surface area contributed by atoms with Crippen molar-refractivity contribution in [3.63, 3.8) is 0 Å². The lowest BCUT2D eigenvalue weighted by Gasteiger charge is -2.29. The Balaban J connectivity index is 2.26. The average Bonchev–Trinajstić information content (AvgIpc) is 2.16. The van der Waals surface area contributed by atoms with Crippen molar-refractivity contribution in [1.82, 2.24) is 5.32 Å². The van der Waals surface area contributed by atoms with E-state index in [0.717, 1.165) is 25.2 Å². The van der Waals surface area contributed by atoms with E-state index in [1.54, 1.807) is 0 Å². The highest BCUT2D eigenvalue weighted by atomic mass is 16.6. The Kier molecular flexibility index (Phi) is 4.63. The van der Waals surface area contributed by atoms with Crippen molar-refractivity contribution in [1.29, 1.82) is 0 Å². The predicted octanol–water partition coefficient (Wildman–Crippen LogP) is 3.29. The van der Waals surface area contributed by atoms with Gasteiger partial charge in [0.15, 0.2) is 0 Å². The number of hydrogen-bond acceptors (Lipinski definition) is 2. The smallest absolute Gasteiger partial charge is 0.407 e. The average molecular weight is 226 g/mol. The summed E-state index contributed by atoms with van der Waals surface area (Å²) in [7, 11) is 0. The Morgan fingerprint density at radius 2 is 1.88 bits per heavy atom. The van der Waals surface area contributed by atoms with Gasteiger partial charge in [-0.1, -0.05) is 13.3 Å². The summed E-state index contributed by atoms with van der Waals surface area (Å²) in [6, 6.07) is 0.289. The topological polar surface area (TPSA) is 38.3 Å². The first kappa shape index (κ1) is 13.3. The lowest BCUT2D eigenvalue weighted by Crippen LogP contribution is -2.40. The van der Waals surface area contributed by atoms with Gasteiger partial charge in [-0.25, -0.2) is 4.79 Å². The van der Waals surface area contributed by atoms with E-state index in [4.69, 9.17) is 4.74 Å². The number of carbonyl (C=O) groups excluding carboxylic acids is 1. The summed E-state index contributed by atoms with van der Waals surface area (Å²) in [6.45, 7) is 9.58. The highest BCUT2D eigenvalue weighted by Gasteiger charge is 2.23. The van der Waals surface area contributed by atoms with Crippen LogP contribution in [0, 0.1) is 12.8 Å². The zero-order valence-corrected chi connectivity index (χ0v) is 10.7. The number of hydrogen-bond donors (Lipinski definition) is 1. The molecule has 0 atom stereocenters. The molecule has 1 N–H and O–H groups in total. The maximum atomic E-state index is 11.5. The van der Waals surface area contributed by atoms with Gasteiger partial charge in [0.1, 0.15) is 5.60 Å². The van der Waals surface area contributed by atoms with Crippen LogP contribution in [0.4, 0.5) is 4.79 Å². The van der Waals surface area contributed by atoms with Crippen LogP contribution in [0.3, 0.4) is 0 Å². The van der Waals surface area contributed by atoms with Crippen LogP contribution >= 0.6 is 0 Å². The van der Waals surface area contributed by atoms with Crippen molar-refractivity contribution in [2.75, 3.05) is 0 Å². The Morgan fingerprint density at radius 3 is 2.31 bits per heavy atom. The molecule has 1 radical (unpaired) electrons. The molecule has 0 aliphatic heterocycles. The third-order valence-corrected chi connectivity index (χ3v) is 2.98. The SMILES string of the molecule is [CH2]CC1CCC(NC(=O)OC(C)(C)C)CC1. The minimum Gasteiger partial charge on any atom is -0.444 e. The Labute approximate surface area is 98.9 Å². The minimum atomic E-state index is -0.408. The van der Waals surface area contributed by atoms with E-state index < -0.39 is 5.60 Å². The van der Waals surface area contributed by atoms with Crippen LogP contribution in [-0.2, 0) is 4.74 Å². The predicted molar refractivity (Wildman–Crippen MR) is 65.1 cm³/mol. The molecule has 0 aromatic rings. The molecule has 16 heavy (non-hydrogen) atoms. The molecule has 0 aromatic heterocycles. The molecule has 1 aliphatic carbocycles. The third-order valence-electron chi connectivity index (χ3n) is 2.98. The highest BCUT2D eigenvalue weighted by Crippen LogP contribution is 2.26. The van der Waals surface area contributed by atoms with Gasteiger partial charge in [0.05, 0.1) is 0 Å². The summed E-state index contributed by atoms with van der Waals surface area (Å²) in [5.74, 6) is 0.747. The van der Waals surface area contributed by atoms with Gasteiger partial charge in [-0.3, -0.25) is 0 Å². The summed E-state index contributed by atoms with van der Waals surface area (Å²) in [6.07, 6.45) is 5.18. The van der Waals surface area contributed by atoms with Crippen molar-refractivity contribution >= 4 is 6.09 Å². The Morgan fingerprint density at radius 1 is 1.31 bits per heavy atom. The Bertz CT molecular complexity index is 225. The summed E-state index contributed by atoms with van der Waals surface area (Å²) < 4.78 is 5.23. The normalized spacial score (nSPS) is 26.2. The molecule has 93 valence electrons. The molecule has 1 saturated carbocycles. The second kappa shape index (κ2) is 5.55. The van der Waals surface area contributed by atoms with E-state index in [-0.39, 0.29) is 12.1 Å². The van der Waals surface area contributed by atoms with E-state index in [1.165, 1.54) is 12.8 Å². The second-order valence-corrected chi connectivity index (χ2v) is 5.65. The van der Waals surface area contributed by atoms with Crippen LogP contribution in [0.5, 0.6) is 0 Å². The number of ether oxygens (including phenoxy) is 1. The van der Waals surface area contributed by atoms with Gasteiger partial charge >= 0.3 is 6.09 Å². The van der Waals surface area contributed by atoms with E-state index in [0.29, 0.717) is 0 Å². The first-order valence-electron chi connectivity index (χ1n) is 6.19. The van der Waals surface area contributed by atoms with Crippen molar-refractivity contribution in [3.8, 4) is 0 Å². The summed E-state index contributed by atoms with van der Waals surface area (Å²) >= 11 is 0. The van der Waals surface area contributed by atoms with E-state index in [1.807, 2.05) is 20.8 Å². The molecule has 3 heteroatoms. The van der Waals surface area contributed by atoms with Crippen LogP contribution in [0.15, 0.2) is 0 Å². The second-order valence-electron chi connectivity index (χ2n) is 5.65. The number of alkyl carbamates (subject to hydrolysis) is 1. The molecule has 0 spiro atoms. The summed E-state index contributed by atoms with van der Waals surface area (Å²) in [5.41, 5.74) is -0.408. The van der Waals surface area contributed by atoms with Gasteiger partial charge in [0, 0.05) is 6.04 Å². The first-order chi connectivity index (χ1) is 7.40. The maximum Gasteiger partial charge on any atom is 0.407 e. The molecule has 3 nitrogen and oxygen atoms in total. The zero-order valence-electron chi connectivity index (χ0n) is 10.7. The van der Waals surface area contributed by atoms with E-state index in [9.17, 15) is 4.79 Å². The van der Waals surface area contributed by atoms with Crippen molar-refractivity contribution in [3.05, 3.63) is 6.92 Å². The molecular weight excluding hydrogens is 202 g/mol. The van der Waals surface area contributed by atoms with E-state index >= 15 is 0 Å². The molecule has 1 amide bonds. The number of carbonyl (C=O) groups is 1. The van der Waals surface area contributed by atoms with Crippen molar-refractivity contribution in [2.45, 2.75) is 64.5 Å². The van der Waals surface area contributed by atoms with Crippen molar-refractivity contribution in [2.24, 2.45) is 5.92 Å². The minimum absolute atomic E-state index is 0.287. The van der Waals surface area contributed by atoms with Gasteiger partial charge in [-0.05, 0) is 52.4 Å². The molecule has 0 saturated heterocycles. The van der Waals surface area contributed by atoms with Crippen LogP contribution in [-0.4, -0.2) is 17.7 Å². The Hall–Kier alpha value is -0.730. The largest absolute Gasteiger partial charge is 0.444 e. The van der Waals surface area contributed by atoms with Crippen LogP contribution in [0.25, 0.3) is 0 Å². The monoisotopic (exact) mass is 226 g/mol. The fourth-order valence-corrected chi connectivity index (χ4v) is 2.07. The lowest BCUT2D eigenvalue weighted by atomic mass is 9.85. The molecular formula is C13H24NO2. The van der Waals surface area contributed by atoms with Gasteiger partial charge in [-0.2, -0.15) is 0 Å². The molecule has 1 aliphatic rings. The zero-order chi connectivity index (χ0) is 12.2. The lowest BCUT2D eigenvalue weighted by molar-refractivity contribution is 0.0487. The van der Waals surface area contributed by atoms with Crippen LogP contribution < -0.4 is 5.32 Å². The fraction of sp³-hybridized carbons (Fsp3) is 0.846. The third kappa shape index (κ3) is 4.86. The molecule has 0 bridgehead atoms. The summed E-state index contributed by atoms with van der Waals surface area (Å²) in [4.78, 5) is 11.5. The number of nitrogens with one attached hydrogen (secondary N) is 1. The van der Waals surface area contributed by atoms with Gasteiger partial charge in [0.25, 0.3) is 0 Å². The quantitative estimate of drug-likeness (QED) is 0.784. The molecule has 0 aromatic carbocycles. The highest BCUT2D eigenvalue weighted by molar-refractivity contribution is 5.68. The van der Waals surface area contributed by atoms with Gasteiger partial charge < -0.3 is 10.1 Å². The van der Waals surface area contributed by atoms with E-state index in [2.05, 4.69) is 12.2 Å².